The van der Waals surface area contributed by atoms with E-state index in [-0.39, 0.29) is 12.1 Å². The van der Waals surface area contributed by atoms with E-state index < -0.39 is 0 Å². The van der Waals surface area contributed by atoms with E-state index in [1.54, 1.807) is 29.2 Å². The molecule has 26 heavy (non-hydrogen) atoms. The molecule has 1 aliphatic rings. The quantitative estimate of drug-likeness (QED) is 0.759. The molecule has 2 aromatic carbocycles. The second-order valence-electron chi connectivity index (χ2n) is 6.17. The molecule has 132 valence electrons. The van der Waals surface area contributed by atoms with Gasteiger partial charge in [0.05, 0.1) is 16.9 Å². The number of hydrogen-bond acceptors (Lipinski definition) is 4. The summed E-state index contributed by atoms with van der Waals surface area (Å²) in [5.74, 6) is 0.0163. The standard InChI is InChI=1S/C19H18ClN5O/c1-2-9-24-18(23-17-10-14(20)5-8-16(17)19(24)26)13-3-6-15(7-4-13)25-12-21-11-22-25/h3-8,10-12,18,23H,2,9H2,1H3. The summed E-state index contributed by atoms with van der Waals surface area (Å²) in [6, 6.07) is 13.3. The van der Waals surface area contributed by atoms with Gasteiger partial charge in [0.1, 0.15) is 18.8 Å². The Morgan fingerprint density at radius 1 is 1.19 bits per heavy atom. The lowest BCUT2D eigenvalue weighted by Crippen LogP contribution is -2.43. The largest absolute Gasteiger partial charge is 0.361 e. The maximum Gasteiger partial charge on any atom is 0.257 e. The van der Waals surface area contributed by atoms with E-state index in [4.69, 9.17) is 11.6 Å². The van der Waals surface area contributed by atoms with Gasteiger partial charge in [-0.25, -0.2) is 9.67 Å². The SMILES string of the molecule is CCCN1C(=O)c2ccc(Cl)cc2NC1c1ccc(-n2cncn2)cc1. The van der Waals surface area contributed by atoms with E-state index in [2.05, 4.69) is 22.3 Å². The first-order valence-electron chi connectivity index (χ1n) is 8.49. The number of nitrogens with zero attached hydrogens (tertiary/aromatic N) is 4. The van der Waals surface area contributed by atoms with Crippen LogP contribution in [-0.2, 0) is 0 Å². The van der Waals surface area contributed by atoms with Gasteiger partial charge in [-0.2, -0.15) is 5.10 Å². The van der Waals surface area contributed by atoms with Crippen molar-refractivity contribution in [2.45, 2.75) is 19.5 Å². The number of fused-ring (bicyclic) bond motifs is 1. The van der Waals surface area contributed by atoms with Crippen molar-refractivity contribution in [2.75, 3.05) is 11.9 Å². The monoisotopic (exact) mass is 367 g/mol. The van der Waals surface area contributed by atoms with Gasteiger partial charge in [0.2, 0.25) is 0 Å². The molecule has 3 aromatic rings. The van der Waals surface area contributed by atoms with Crippen LogP contribution < -0.4 is 5.32 Å². The fourth-order valence-corrected chi connectivity index (χ4v) is 3.38. The van der Waals surface area contributed by atoms with Crippen LogP contribution >= 0.6 is 11.6 Å². The molecule has 0 radical (unpaired) electrons. The Kier molecular flexibility index (Phi) is 4.34. The van der Waals surface area contributed by atoms with E-state index in [0.717, 1.165) is 23.4 Å². The van der Waals surface area contributed by atoms with Crippen LogP contribution in [0.15, 0.2) is 55.1 Å². The molecule has 0 aliphatic carbocycles. The van der Waals surface area contributed by atoms with Gasteiger partial charge in [-0.3, -0.25) is 4.79 Å². The van der Waals surface area contributed by atoms with Gasteiger partial charge in [0.15, 0.2) is 0 Å². The third kappa shape index (κ3) is 2.93. The van der Waals surface area contributed by atoms with Crippen molar-refractivity contribution in [3.05, 3.63) is 71.3 Å². The number of amides is 1. The lowest BCUT2D eigenvalue weighted by Gasteiger charge is -2.38. The number of rotatable bonds is 4. The van der Waals surface area contributed by atoms with Gasteiger partial charge in [0.25, 0.3) is 5.91 Å². The Labute approximate surface area is 156 Å². The van der Waals surface area contributed by atoms with Crippen LogP contribution in [0.1, 0.15) is 35.4 Å². The molecule has 6 nitrogen and oxygen atoms in total. The number of nitrogens with one attached hydrogen (secondary N) is 1. The summed E-state index contributed by atoms with van der Waals surface area (Å²) in [6.07, 6.45) is 3.79. The molecule has 0 fully saturated rings. The van der Waals surface area contributed by atoms with Crippen molar-refractivity contribution in [2.24, 2.45) is 0 Å². The first-order valence-corrected chi connectivity index (χ1v) is 8.87. The highest BCUT2D eigenvalue weighted by Gasteiger charge is 2.32. The zero-order chi connectivity index (χ0) is 18.1. The maximum atomic E-state index is 13.0. The topological polar surface area (TPSA) is 63.1 Å². The first kappa shape index (κ1) is 16.6. The maximum absolute atomic E-state index is 13.0. The average Bonchev–Trinajstić information content (AvgIpc) is 3.19. The van der Waals surface area contributed by atoms with Crippen LogP contribution in [0.4, 0.5) is 5.69 Å². The summed E-state index contributed by atoms with van der Waals surface area (Å²) in [4.78, 5) is 18.8. The van der Waals surface area contributed by atoms with Crippen molar-refractivity contribution < 1.29 is 4.79 Å². The van der Waals surface area contributed by atoms with Crippen molar-refractivity contribution in [1.29, 1.82) is 0 Å². The van der Waals surface area contributed by atoms with Crippen LogP contribution in [-0.4, -0.2) is 32.1 Å². The Balaban J connectivity index is 1.70. The van der Waals surface area contributed by atoms with E-state index in [0.29, 0.717) is 17.1 Å². The zero-order valence-corrected chi connectivity index (χ0v) is 15.0. The Hall–Kier alpha value is -2.86. The van der Waals surface area contributed by atoms with Crippen LogP contribution in [0.3, 0.4) is 0 Å². The van der Waals surface area contributed by atoms with Crippen LogP contribution in [0, 0.1) is 0 Å². The molecule has 2 heterocycles. The molecule has 4 rings (SSSR count). The third-order valence-corrected chi connectivity index (χ3v) is 4.67. The van der Waals surface area contributed by atoms with E-state index in [1.165, 1.54) is 6.33 Å². The van der Waals surface area contributed by atoms with Gasteiger partial charge in [-0.1, -0.05) is 30.7 Å². The number of halogens is 1. The van der Waals surface area contributed by atoms with Crippen LogP contribution in [0.25, 0.3) is 5.69 Å². The van der Waals surface area contributed by atoms with Crippen molar-refractivity contribution in [1.82, 2.24) is 19.7 Å². The minimum atomic E-state index is -0.238. The number of carbonyl (C=O) groups excluding carboxylic acids is 1. The molecule has 7 heteroatoms. The number of hydrogen-bond donors (Lipinski definition) is 1. The molecule has 1 amide bonds. The van der Waals surface area contributed by atoms with Gasteiger partial charge >= 0.3 is 0 Å². The molecule has 0 bridgehead atoms. The molecular formula is C19H18ClN5O. The van der Waals surface area contributed by atoms with Gasteiger partial charge in [-0.15, -0.1) is 0 Å². The molecule has 0 spiro atoms. The molecule has 1 atom stereocenters. The average molecular weight is 368 g/mol. The number of aromatic nitrogens is 3. The van der Waals surface area contributed by atoms with Gasteiger partial charge in [0, 0.05) is 11.6 Å². The summed E-state index contributed by atoms with van der Waals surface area (Å²) >= 11 is 6.11. The number of carbonyl (C=O) groups is 1. The van der Waals surface area contributed by atoms with Gasteiger partial charge < -0.3 is 10.2 Å². The predicted molar refractivity (Wildman–Crippen MR) is 101 cm³/mol. The molecule has 0 saturated heterocycles. The highest BCUT2D eigenvalue weighted by molar-refractivity contribution is 6.31. The third-order valence-electron chi connectivity index (χ3n) is 4.43. The molecule has 1 aromatic heterocycles. The first-order chi connectivity index (χ1) is 12.7. The fraction of sp³-hybridized carbons (Fsp3) is 0.211. The van der Waals surface area contributed by atoms with E-state index >= 15 is 0 Å². The molecule has 1 aliphatic heterocycles. The fourth-order valence-electron chi connectivity index (χ4n) is 3.21. The summed E-state index contributed by atoms with van der Waals surface area (Å²) in [6.45, 7) is 2.74. The minimum Gasteiger partial charge on any atom is -0.361 e. The smallest absolute Gasteiger partial charge is 0.257 e. The van der Waals surface area contributed by atoms with Crippen molar-refractivity contribution >= 4 is 23.2 Å². The lowest BCUT2D eigenvalue weighted by molar-refractivity contribution is 0.0683. The molecular weight excluding hydrogens is 350 g/mol. The summed E-state index contributed by atoms with van der Waals surface area (Å²) in [7, 11) is 0. The van der Waals surface area contributed by atoms with E-state index in [1.807, 2.05) is 29.2 Å². The van der Waals surface area contributed by atoms with Crippen LogP contribution in [0.2, 0.25) is 5.02 Å². The highest BCUT2D eigenvalue weighted by atomic mass is 35.5. The summed E-state index contributed by atoms with van der Waals surface area (Å²) in [5, 5.41) is 8.20. The molecule has 1 N–H and O–H groups in total. The van der Waals surface area contributed by atoms with Crippen molar-refractivity contribution in [3.8, 4) is 5.69 Å². The van der Waals surface area contributed by atoms with Crippen LogP contribution in [0.5, 0.6) is 0 Å². The Morgan fingerprint density at radius 3 is 2.69 bits per heavy atom. The van der Waals surface area contributed by atoms with E-state index in [9.17, 15) is 4.79 Å². The number of anilines is 1. The molecule has 0 saturated carbocycles. The Bertz CT molecular complexity index is 924. The minimum absolute atomic E-state index is 0.0163. The number of benzene rings is 2. The summed E-state index contributed by atoms with van der Waals surface area (Å²) in [5.41, 5.74) is 3.33. The second kappa shape index (κ2) is 6.80. The normalized spacial score (nSPS) is 16.3. The zero-order valence-electron chi connectivity index (χ0n) is 14.3. The van der Waals surface area contributed by atoms with Crippen molar-refractivity contribution in [3.63, 3.8) is 0 Å². The Morgan fingerprint density at radius 2 is 2.00 bits per heavy atom. The summed E-state index contributed by atoms with van der Waals surface area (Å²) < 4.78 is 1.70. The lowest BCUT2D eigenvalue weighted by atomic mass is 10.0. The second-order valence-corrected chi connectivity index (χ2v) is 6.60. The highest BCUT2D eigenvalue weighted by Crippen LogP contribution is 2.34. The van der Waals surface area contributed by atoms with Gasteiger partial charge in [-0.05, 0) is 42.3 Å². The molecule has 1 unspecified atom stereocenters. The predicted octanol–water partition coefficient (Wildman–Crippen LogP) is 3.90.